The minimum atomic E-state index is -3.76. The van der Waals surface area contributed by atoms with E-state index in [-0.39, 0.29) is 29.7 Å². The maximum Gasteiger partial charge on any atom is 0.240 e. The summed E-state index contributed by atoms with van der Waals surface area (Å²) >= 11 is 0. The first-order valence-corrected chi connectivity index (χ1v) is 10.1. The second kappa shape index (κ2) is 8.49. The van der Waals surface area contributed by atoms with Gasteiger partial charge in [0.05, 0.1) is 11.5 Å². The highest BCUT2D eigenvalue weighted by atomic mass is 32.2. The van der Waals surface area contributed by atoms with Crippen molar-refractivity contribution in [3.8, 4) is 5.75 Å². The van der Waals surface area contributed by atoms with Gasteiger partial charge in [-0.2, -0.15) is 0 Å². The van der Waals surface area contributed by atoms with Crippen molar-refractivity contribution in [1.82, 2.24) is 10.0 Å². The molecule has 0 spiro atoms. The average molecular weight is 392 g/mol. The first kappa shape index (κ1) is 19.3. The Bertz CT molecular complexity index is 900. The molecule has 2 aromatic carbocycles. The van der Waals surface area contributed by atoms with Crippen LogP contribution in [0.2, 0.25) is 0 Å². The molecule has 8 heteroatoms. The van der Waals surface area contributed by atoms with Crippen molar-refractivity contribution in [2.45, 2.75) is 17.7 Å². The highest BCUT2D eigenvalue weighted by Gasteiger charge is 2.20. The Labute approximate surface area is 157 Å². The molecule has 1 amide bonds. The summed E-state index contributed by atoms with van der Waals surface area (Å²) in [5.41, 5.74) is 1.12. The van der Waals surface area contributed by atoms with E-state index in [9.17, 15) is 17.6 Å². The number of para-hydroxylation sites is 1. The molecule has 1 aliphatic rings. The first-order valence-electron chi connectivity index (χ1n) is 8.67. The molecule has 0 aliphatic carbocycles. The summed E-state index contributed by atoms with van der Waals surface area (Å²) in [4.78, 5) is 11.9. The molecule has 0 fully saturated rings. The fraction of sp³-hybridized carbons (Fsp3) is 0.316. The molecule has 2 N–H and O–H groups in total. The van der Waals surface area contributed by atoms with Gasteiger partial charge in [-0.25, -0.2) is 17.5 Å². The van der Waals surface area contributed by atoms with Gasteiger partial charge in [0.2, 0.25) is 15.9 Å². The lowest BCUT2D eigenvalue weighted by Gasteiger charge is -2.25. The zero-order valence-corrected chi connectivity index (χ0v) is 15.5. The number of benzene rings is 2. The smallest absolute Gasteiger partial charge is 0.240 e. The number of amides is 1. The van der Waals surface area contributed by atoms with E-state index in [2.05, 4.69) is 10.0 Å². The average Bonchev–Trinajstić information content (AvgIpc) is 2.66. The van der Waals surface area contributed by atoms with Gasteiger partial charge >= 0.3 is 0 Å². The number of fused-ring (bicyclic) bond motifs is 1. The van der Waals surface area contributed by atoms with E-state index in [0.717, 1.165) is 29.9 Å². The normalized spacial score (nSPS) is 16.3. The van der Waals surface area contributed by atoms with Crippen LogP contribution < -0.4 is 14.8 Å². The molecule has 27 heavy (non-hydrogen) atoms. The third kappa shape index (κ3) is 5.27. The van der Waals surface area contributed by atoms with Crippen molar-refractivity contribution in [3.63, 3.8) is 0 Å². The van der Waals surface area contributed by atoms with Crippen LogP contribution in [0.4, 0.5) is 4.39 Å². The Kier molecular flexibility index (Phi) is 6.08. The second-order valence-corrected chi connectivity index (χ2v) is 8.16. The molecular formula is C19H21FN2O4S. The van der Waals surface area contributed by atoms with Crippen molar-refractivity contribution >= 4 is 15.9 Å². The molecule has 0 saturated carbocycles. The maximum atomic E-state index is 12.9. The van der Waals surface area contributed by atoms with Gasteiger partial charge in [-0.05, 0) is 42.3 Å². The Hall–Kier alpha value is -2.45. The molecule has 0 bridgehead atoms. The van der Waals surface area contributed by atoms with Crippen molar-refractivity contribution in [3.05, 3.63) is 59.9 Å². The minimum Gasteiger partial charge on any atom is -0.493 e. The molecule has 0 aromatic heterocycles. The molecule has 0 saturated heterocycles. The zero-order valence-electron chi connectivity index (χ0n) is 14.7. The molecule has 144 valence electrons. The number of carbonyl (C=O) groups is 1. The predicted molar refractivity (Wildman–Crippen MR) is 98.3 cm³/mol. The molecule has 1 aliphatic heterocycles. The van der Waals surface area contributed by atoms with Crippen LogP contribution in [0.3, 0.4) is 0 Å². The second-order valence-electron chi connectivity index (χ2n) is 6.39. The van der Waals surface area contributed by atoms with E-state index in [1.165, 1.54) is 12.1 Å². The van der Waals surface area contributed by atoms with Crippen molar-refractivity contribution in [2.24, 2.45) is 5.92 Å². The topological polar surface area (TPSA) is 84.5 Å². The van der Waals surface area contributed by atoms with Crippen LogP contribution in [0.15, 0.2) is 53.4 Å². The lowest BCUT2D eigenvalue weighted by atomic mass is 9.97. The van der Waals surface area contributed by atoms with E-state index in [1.54, 1.807) is 0 Å². The van der Waals surface area contributed by atoms with Crippen LogP contribution in [-0.2, 0) is 21.2 Å². The summed E-state index contributed by atoms with van der Waals surface area (Å²) in [6.07, 6.45) is 0.845. The molecule has 0 radical (unpaired) electrons. The van der Waals surface area contributed by atoms with Crippen LogP contribution in [0.25, 0.3) is 0 Å². The quantitative estimate of drug-likeness (QED) is 0.753. The summed E-state index contributed by atoms with van der Waals surface area (Å²) in [6, 6.07) is 12.3. The molecule has 2 aromatic rings. The van der Waals surface area contributed by atoms with Crippen molar-refractivity contribution in [1.29, 1.82) is 0 Å². The van der Waals surface area contributed by atoms with Gasteiger partial charge in [0.15, 0.2) is 0 Å². The maximum absolute atomic E-state index is 12.9. The Morgan fingerprint density at radius 3 is 2.67 bits per heavy atom. The van der Waals surface area contributed by atoms with Crippen LogP contribution in [0.1, 0.15) is 12.0 Å². The lowest BCUT2D eigenvalue weighted by Crippen LogP contribution is -2.36. The van der Waals surface area contributed by atoms with Crippen LogP contribution in [-0.4, -0.2) is 34.0 Å². The Balaban J connectivity index is 1.41. The number of ether oxygens (including phenoxy) is 1. The summed E-state index contributed by atoms with van der Waals surface area (Å²) < 4.78 is 45.0. The number of halogens is 1. The highest BCUT2D eigenvalue weighted by molar-refractivity contribution is 7.89. The minimum absolute atomic E-state index is 0.0184. The fourth-order valence-electron chi connectivity index (χ4n) is 2.86. The monoisotopic (exact) mass is 392 g/mol. The fourth-order valence-corrected chi connectivity index (χ4v) is 3.90. The SMILES string of the molecule is O=C(CCNS(=O)(=O)c1ccc(F)cc1)NCC1COc2ccccc2C1. The summed E-state index contributed by atoms with van der Waals surface area (Å²) in [7, 11) is -3.76. The molecule has 1 heterocycles. The Morgan fingerprint density at radius 1 is 1.15 bits per heavy atom. The van der Waals surface area contributed by atoms with Crippen LogP contribution in [0.5, 0.6) is 5.75 Å². The van der Waals surface area contributed by atoms with Crippen molar-refractivity contribution < 1.29 is 22.3 Å². The summed E-state index contributed by atoms with van der Waals surface area (Å²) in [5.74, 6) is 0.313. The molecule has 1 unspecified atom stereocenters. The third-order valence-corrected chi connectivity index (χ3v) is 5.79. The standard InChI is InChI=1S/C19H21FN2O4S/c20-16-5-7-17(8-6-16)27(24,25)22-10-9-19(23)21-12-14-11-15-3-1-2-4-18(15)26-13-14/h1-8,14,22H,9-13H2,(H,21,23). The number of sulfonamides is 1. The van der Waals surface area contributed by atoms with E-state index in [0.29, 0.717) is 13.2 Å². The van der Waals surface area contributed by atoms with E-state index >= 15 is 0 Å². The van der Waals surface area contributed by atoms with Gasteiger partial charge in [-0.3, -0.25) is 4.79 Å². The van der Waals surface area contributed by atoms with Gasteiger partial charge in [-0.15, -0.1) is 0 Å². The molecule has 3 rings (SSSR count). The number of carbonyl (C=O) groups excluding carboxylic acids is 1. The largest absolute Gasteiger partial charge is 0.493 e. The van der Waals surface area contributed by atoms with Gasteiger partial charge in [0, 0.05) is 25.4 Å². The molecule has 1 atom stereocenters. The molecular weight excluding hydrogens is 371 g/mol. The summed E-state index contributed by atoms with van der Waals surface area (Å²) in [6.45, 7) is 0.974. The first-order chi connectivity index (χ1) is 12.9. The highest BCUT2D eigenvalue weighted by Crippen LogP contribution is 2.26. The third-order valence-electron chi connectivity index (χ3n) is 4.31. The van der Waals surface area contributed by atoms with Gasteiger partial charge in [-0.1, -0.05) is 18.2 Å². The lowest BCUT2D eigenvalue weighted by molar-refractivity contribution is -0.121. The van der Waals surface area contributed by atoms with E-state index < -0.39 is 15.8 Å². The van der Waals surface area contributed by atoms with Gasteiger partial charge in [0.25, 0.3) is 0 Å². The summed E-state index contributed by atoms with van der Waals surface area (Å²) in [5, 5.41) is 2.81. The predicted octanol–water partition coefficient (Wildman–Crippen LogP) is 1.86. The molecule has 6 nitrogen and oxygen atoms in total. The zero-order chi connectivity index (χ0) is 19.3. The van der Waals surface area contributed by atoms with Crippen molar-refractivity contribution in [2.75, 3.05) is 19.7 Å². The van der Waals surface area contributed by atoms with E-state index in [1.807, 2.05) is 24.3 Å². The number of hydrogen-bond donors (Lipinski definition) is 2. The van der Waals surface area contributed by atoms with E-state index in [4.69, 9.17) is 4.74 Å². The van der Waals surface area contributed by atoms with Crippen LogP contribution >= 0.6 is 0 Å². The van der Waals surface area contributed by atoms with Gasteiger partial charge < -0.3 is 10.1 Å². The number of nitrogens with one attached hydrogen (secondary N) is 2. The van der Waals surface area contributed by atoms with Crippen LogP contribution in [0, 0.1) is 11.7 Å². The number of rotatable bonds is 7. The Morgan fingerprint density at radius 2 is 1.89 bits per heavy atom. The van der Waals surface area contributed by atoms with Gasteiger partial charge in [0.1, 0.15) is 11.6 Å². The number of hydrogen-bond acceptors (Lipinski definition) is 4.